The van der Waals surface area contributed by atoms with Crippen LogP contribution in [0, 0.1) is 0 Å². The van der Waals surface area contributed by atoms with Crippen molar-refractivity contribution in [2.24, 2.45) is 0 Å². The second-order valence-electron chi connectivity index (χ2n) is 5.49. The van der Waals surface area contributed by atoms with Gasteiger partial charge in [-0.2, -0.15) is 12.7 Å². The first kappa shape index (κ1) is 16.2. The van der Waals surface area contributed by atoms with Crippen LogP contribution in [-0.4, -0.2) is 38.3 Å². The molecule has 0 aliphatic heterocycles. The van der Waals surface area contributed by atoms with Crippen molar-refractivity contribution in [3.8, 4) is 0 Å². The minimum Gasteiger partial charge on any atom is -0.361 e. The number of rotatable bonds is 6. The number of nitrogens with one attached hydrogen (secondary N) is 2. The fourth-order valence-electron chi connectivity index (χ4n) is 2.55. The minimum atomic E-state index is -3.45. The molecule has 0 bridgehead atoms. The van der Waals surface area contributed by atoms with E-state index in [0.717, 1.165) is 21.3 Å². The van der Waals surface area contributed by atoms with Crippen LogP contribution in [-0.2, 0) is 10.2 Å². The van der Waals surface area contributed by atoms with Gasteiger partial charge in [0.2, 0.25) is 0 Å². The molecule has 0 radical (unpaired) electrons. The molecular formula is C16H19N3O2S2. The predicted molar refractivity (Wildman–Crippen MR) is 95.1 cm³/mol. The molecule has 1 atom stereocenters. The maximum atomic E-state index is 12.0. The van der Waals surface area contributed by atoms with Crippen LogP contribution >= 0.6 is 11.3 Å². The van der Waals surface area contributed by atoms with Crippen LogP contribution in [0.5, 0.6) is 0 Å². The van der Waals surface area contributed by atoms with Gasteiger partial charge in [-0.25, -0.2) is 4.72 Å². The molecule has 3 rings (SSSR count). The maximum absolute atomic E-state index is 12.0. The van der Waals surface area contributed by atoms with E-state index < -0.39 is 10.2 Å². The van der Waals surface area contributed by atoms with Crippen LogP contribution in [0.15, 0.2) is 48.0 Å². The summed E-state index contributed by atoms with van der Waals surface area (Å²) in [5.41, 5.74) is 2.16. The van der Waals surface area contributed by atoms with E-state index in [1.54, 1.807) is 11.3 Å². The van der Waals surface area contributed by atoms with Crippen LogP contribution in [0.4, 0.5) is 0 Å². The Bertz CT molecular complexity index is 883. The molecule has 2 heterocycles. The molecular weight excluding hydrogens is 330 g/mol. The Balaban J connectivity index is 1.97. The van der Waals surface area contributed by atoms with Gasteiger partial charge in [0.05, 0.1) is 0 Å². The minimum absolute atomic E-state index is 0.0270. The molecule has 0 spiro atoms. The van der Waals surface area contributed by atoms with Crippen molar-refractivity contribution >= 4 is 32.4 Å². The van der Waals surface area contributed by atoms with Gasteiger partial charge in [0.1, 0.15) is 0 Å². The smallest absolute Gasteiger partial charge is 0.278 e. The molecule has 0 amide bonds. The van der Waals surface area contributed by atoms with Crippen molar-refractivity contribution in [2.75, 3.05) is 20.6 Å². The Morgan fingerprint density at radius 3 is 2.70 bits per heavy atom. The van der Waals surface area contributed by atoms with Crippen molar-refractivity contribution in [3.05, 3.63) is 58.4 Å². The Hall–Kier alpha value is -1.67. The number of fused-ring (bicyclic) bond motifs is 1. The zero-order valence-electron chi connectivity index (χ0n) is 13.0. The highest BCUT2D eigenvalue weighted by Crippen LogP contribution is 2.32. The molecule has 2 N–H and O–H groups in total. The molecule has 0 unspecified atom stereocenters. The van der Waals surface area contributed by atoms with Crippen LogP contribution in [0.1, 0.15) is 16.4 Å². The Morgan fingerprint density at radius 1 is 1.22 bits per heavy atom. The number of hydrogen-bond acceptors (Lipinski definition) is 3. The molecule has 5 nitrogen and oxygen atoms in total. The van der Waals surface area contributed by atoms with E-state index in [9.17, 15) is 8.42 Å². The van der Waals surface area contributed by atoms with E-state index in [1.165, 1.54) is 18.4 Å². The largest absolute Gasteiger partial charge is 0.361 e. The Morgan fingerprint density at radius 2 is 2.00 bits per heavy atom. The van der Waals surface area contributed by atoms with Crippen LogP contribution in [0.25, 0.3) is 10.9 Å². The first-order valence-corrected chi connectivity index (χ1v) is 9.57. The maximum Gasteiger partial charge on any atom is 0.278 e. The average molecular weight is 349 g/mol. The summed E-state index contributed by atoms with van der Waals surface area (Å²) < 4.78 is 28.0. The van der Waals surface area contributed by atoms with E-state index in [1.807, 2.05) is 41.9 Å². The molecule has 122 valence electrons. The molecule has 1 aromatic carbocycles. The monoisotopic (exact) mass is 349 g/mol. The Labute approximate surface area is 140 Å². The number of aromatic nitrogens is 1. The topological polar surface area (TPSA) is 65.2 Å². The highest BCUT2D eigenvalue weighted by atomic mass is 32.2. The average Bonchev–Trinajstić information content (AvgIpc) is 3.18. The van der Waals surface area contributed by atoms with Crippen LogP contribution < -0.4 is 4.72 Å². The number of aromatic amines is 1. The lowest BCUT2D eigenvalue weighted by Crippen LogP contribution is -2.37. The van der Waals surface area contributed by atoms with Gasteiger partial charge in [-0.3, -0.25) is 0 Å². The van der Waals surface area contributed by atoms with Crippen LogP contribution in [0.3, 0.4) is 0 Å². The van der Waals surface area contributed by atoms with Crippen molar-refractivity contribution in [1.29, 1.82) is 0 Å². The number of nitrogens with zero attached hydrogens (tertiary/aromatic N) is 1. The summed E-state index contributed by atoms with van der Waals surface area (Å²) in [7, 11) is -0.407. The van der Waals surface area contributed by atoms with Crippen LogP contribution in [0.2, 0.25) is 0 Å². The third-order valence-corrected chi connectivity index (χ3v) is 6.31. The molecule has 0 aliphatic rings. The van der Waals surface area contributed by atoms with Gasteiger partial charge in [0.15, 0.2) is 0 Å². The normalized spacial score (nSPS) is 13.7. The second kappa shape index (κ2) is 6.45. The van der Waals surface area contributed by atoms with E-state index >= 15 is 0 Å². The second-order valence-corrected chi connectivity index (χ2v) is 8.44. The number of thiophene rings is 1. The SMILES string of the molecule is CN(C)S(=O)(=O)NC[C@H](c1cccs1)c1c[nH]c2ccccc12. The lowest BCUT2D eigenvalue weighted by Gasteiger charge is -2.18. The zero-order valence-corrected chi connectivity index (χ0v) is 14.6. The Kier molecular flexibility index (Phi) is 4.54. The van der Waals surface area contributed by atoms with E-state index in [-0.39, 0.29) is 5.92 Å². The number of benzene rings is 1. The summed E-state index contributed by atoms with van der Waals surface area (Å²) in [5.74, 6) is -0.0270. The fourth-order valence-corrected chi connectivity index (χ4v) is 4.03. The fraction of sp³-hybridized carbons (Fsp3) is 0.250. The molecule has 0 saturated carbocycles. The van der Waals surface area contributed by atoms with Gasteiger partial charge in [-0.1, -0.05) is 24.3 Å². The number of hydrogen-bond donors (Lipinski definition) is 2. The number of para-hydroxylation sites is 1. The highest BCUT2D eigenvalue weighted by molar-refractivity contribution is 7.87. The molecule has 7 heteroatoms. The van der Waals surface area contributed by atoms with E-state index in [4.69, 9.17) is 0 Å². The van der Waals surface area contributed by atoms with Gasteiger partial charge >= 0.3 is 0 Å². The van der Waals surface area contributed by atoms with Crippen molar-refractivity contribution in [2.45, 2.75) is 5.92 Å². The summed E-state index contributed by atoms with van der Waals surface area (Å²) in [5, 5.41) is 3.13. The molecule has 0 aliphatic carbocycles. The van der Waals surface area contributed by atoms with Crippen molar-refractivity contribution in [3.63, 3.8) is 0 Å². The standard InChI is InChI=1S/C16H19N3O2S2/c1-19(2)23(20,21)18-11-14(16-8-5-9-22-16)13-10-17-15-7-4-3-6-12(13)15/h3-10,14,17-18H,11H2,1-2H3/t14-/m0/s1. The first-order chi connectivity index (χ1) is 11.0. The first-order valence-electron chi connectivity index (χ1n) is 7.25. The van der Waals surface area contributed by atoms with Gasteiger partial charge in [-0.15, -0.1) is 11.3 Å². The summed E-state index contributed by atoms with van der Waals surface area (Å²) in [6.07, 6.45) is 1.97. The summed E-state index contributed by atoms with van der Waals surface area (Å²) in [6.45, 7) is 0.322. The third-order valence-electron chi connectivity index (χ3n) is 3.83. The van der Waals surface area contributed by atoms with E-state index in [2.05, 4.69) is 15.8 Å². The van der Waals surface area contributed by atoms with Gasteiger partial charge in [-0.05, 0) is 23.1 Å². The quantitative estimate of drug-likeness (QED) is 0.719. The molecule has 0 saturated heterocycles. The summed E-state index contributed by atoms with van der Waals surface area (Å²) in [4.78, 5) is 4.40. The van der Waals surface area contributed by atoms with Gasteiger partial charge in [0, 0.05) is 48.5 Å². The van der Waals surface area contributed by atoms with Crippen molar-refractivity contribution < 1.29 is 8.42 Å². The zero-order chi connectivity index (χ0) is 16.4. The number of H-pyrrole nitrogens is 1. The van der Waals surface area contributed by atoms with Crippen molar-refractivity contribution in [1.82, 2.24) is 14.0 Å². The lowest BCUT2D eigenvalue weighted by atomic mass is 9.97. The van der Waals surface area contributed by atoms with E-state index in [0.29, 0.717) is 6.54 Å². The van der Waals surface area contributed by atoms with Gasteiger partial charge < -0.3 is 4.98 Å². The third kappa shape index (κ3) is 3.32. The molecule has 23 heavy (non-hydrogen) atoms. The molecule has 3 aromatic rings. The summed E-state index contributed by atoms with van der Waals surface area (Å²) >= 11 is 1.63. The lowest BCUT2D eigenvalue weighted by molar-refractivity contribution is 0.503. The summed E-state index contributed by atoms with van der Waals surface area (Å²) in [6, 6.07) is 12.1. The highest BCUT2D eigenvalue weighted by Gasteiger charge is 2.22. The van der Waals surface area contributed by atoms with Gasteiger partial charge in [0.25, 0.3) is 10.2 Å². The predicted octanol–water partition coefficient (Wildman–Crippen LogP) is 2.76. The molecule has 0 fully saturated rings. The molecule has 2 aromatic heterocycles.